The number of carbonyl (C=O) groups is 1. The lowest BCUT2D eigenvalue weighted by atomic mass is 10.2. The number of fused-ring (bicyclic) bond motifs is 1. The summed E-state index contributed by atoms with van der Waals surface area (Å²) in [6.45, 7) is 2.00. The van der Waals surface area contributed by atoms with E-state index < -0.39 is 6.04 Å². The van der Waals surface area contributed by atoms with Gasteiger partial charge in [0.2, 0.25) is 11.9 Å². The van der Waals surface area contributed by atoms with Gasteiger partial charge in [-0.25, -0.2) is 4.98 Å². The van der Waals surface area contributed by atoms with Crippen molar-refractivity contribution in [2.75, 3.05) is 12.4 Å². The predicted octanol–water partition coefficient (Wildman–Crippen LogP) is 3.10. The van der Waals surface area contributed by atoms with Crippen LogP contribution in [0, 0.1) is 0 Å². The van der Waals surface area contributed by atoms with Gasteiger partial charge in [0, 0.05) is 6.07 Å². The molecule has 0 aliphatic carbocycles. The fourth-order valence-corrected chi connectivity index (χ4v) is 2.77. The smallest absolute Gasteiger partial charge is 0.243 e. The number of benzene rings is 2. The van der Waals surface area contributed by atoms with Gasteiger partial charge in [0.1, 0.15) is 5.75 Å². The normalized spacial score (nSPS) is 12.1. The van der Waals surface area contributed by atoms with E-state index in [9.17, 15) is 4.79 Å². The molecule has 1 atom stereocenters. The molecule has 0 saturated carbocycles. The van der Waals surface area contributed by atoms with E-state index in [4.69, 9.17) is 10.5 Å². The van der Waals surface area contributed by atoms with Crippen molar-refractivity contribution in [3.8, 4) is 11.4 Å². The van der Waals surface area contributed by atoms with Gasteiger partial charge in [-0.1, -0.05) is 31.5 Å². The van der Waals surface area contributed by atoms with Crippen LogP contribution in [0.4, 0.5) is 5.95 Å². The Bertz CT molecular complexity index is 888. The number of methoxy groups -OCH3 is 1. The van der Waals surface area contributed by atoms with Crippen molar-refractivity contribution in [3.63, 3.8) is 0 Å². The number of nitrogens with zero attached hydrogens (tertiary/aromatic N) is 2. The number of para-hydroxylation sites is 2. The first kappa shape index (κ1) is 17.0. The zero-order chi connectivity index (χ0) is 17.8. The summed E-state index contributed by atoms with van der Waals surface area (Å²) in [7, 11) is 1.62. The van der Waals surface area contributed by atoms with Crippen molar-refractivity contribution in [1.82, 2.24) is 9.55 Å². The minimum Gasteiger partial charge on any atom is -0.497 e. The van der Waals surface area contributed by atoms with Gasteiger partial charge < -0.3 is 10.5 Å². The minimum absolute atomic E-state index is 0.235. The molecular formula is C19H22N4O2. The summed E-state index contributed by atoms with van der Waals surface area (Å²) in [5.41, 5.74) is 8.48. The third-order valence-corrected chi connectivity index (χ3v) is 4.04. The number of ether oxygens (including phenoxy) is 1. The molecule has 3 rings (SSSR count). The Hall–Kier alpha value is -2.86. The Morgan fingerprint density at radius 3 is 2.84 bits per heavy atom. The number of hydrogen-bond acceptors (Lipinski definition) is 4. The average molecular weight is 338 g/mol. The molecule has 0 fully saturated rings. The van der Waals surface area contributed by atoms with Crippen LogP contribution in [0.5, 0.6) is 5.75 Å². The highest BCUT2D eigenvalue weighted by molar-refractivity contribution is 5.95. The summed E-state index contributed by atoms with van der Waals surface area (Å²) < 4.78 is 7.21. The quantitative estimate of drug-likeness (QED) is 0.723. The molecule has 25 heavy (non-hydrogen) atoms. The zero-order valence-corrected chi connectivity index (χ0v) is 14.4. The maximum atomic E-state index is 12.4. The standard InChI is InChI=1S/C19H22N4O2/c1-3-7-15(20)18(24)22-19-21-16-10-4-5-11-17(16)23(19)13-8-6-9-14(12-13)25-2/h4-6,8-12,15H,3,7,20H2,1-2H3,(H,21,22,24). The van der Waals surface area contributed by atoms with Gasteiger partial charge in [-0.05, 0) is 30.7 Å². The van der Waals surface area contributed by atoms with Crippen molar-refractivity contribution in [2.24, 2.45) is 5.73 Å². The van der Waals surface area contributed by atoms with Crippen LogP contribution in [-0.2, 0) is 4.79 Å². The van der Waals surface area contributed by atoms with Crippen LogP contribution in [-0.4, -0.2) is 28.6 Å². The second-order valence-electron chi connectivity index (χ2n) is 5.85. The van der Waals surface area contributed by atoms with E-state index in [1.54, 1.807) is 7.11 Å². The average Bonchev–Trinajstić information content (AvgIpc) is 2.99. The third kappa shape index (κ3) is 3.49. The van der Waals surface area contributed by atoms with Crippen LogP contribution in [0.15, 0.2) is 48.5 Å². The molecule has 3 aromatic rings. The molecule has 0 radical (unpaired) electrons. The lowest BCUT2D eigenvalue weighted by Crippen LogP contribution is -2.36. The Labute approximate surface area is 146 Å². The molecule has 1 amide bonds. The Morgan fingerprint density at radius 2 is 2.08 bits per heavy atom. The van der Waals surface area contributed by atoms with E-state index in [1.807, 2.05) is 60.0 Å². The van der Waals surface area contributed by atoms with E-state index in [0.29, 0.717) is 12.4 Å². The largest absolute Gasteiger partial charge is 0.497 e. The van der Waals surface area contributed by atoms with E-state index in [-0.39, 0.29) is 5.91 Å². The van der Waals surface area contributed by atoms with Crippen molar-refractivity contribution in [2.45, 2.75) is 25.8 Å². The molecule has 1 heterocycles. The van der Waals surface area contributed by atoms with E-state index in [2.05, 4.69) is 10.3 Å². The summed E-state index contributed by atoms with van der Waals surface area (Å²) in [5.74, 6) is 0.947. The second-order valence-corrected chi connectivity index (χ2v) is 5.85. The topological polar surface area (TPSA) is 82.2 Å². The first-order chi connectivity index (χ1) is 12.1. The molecule has 6 heteroatoms. The highest BCUT2D eigenvalue weighted by Crippen LogP contribution is 2.26. The third-order valence-electron chi connectivity index (χ3n) is 4.04. The molecule has 0 spiro atoms. The number of rotatable bonds is 6. The number of amides is 1. The molecule has 130 valence electrons. The summed E-state index contributed by atoms with van der Waals surface area (Å²) >= 11 is 0. The summed E-state index contributed by atoms with van der Waals surface area (Å²) in [6.07, 6.45) is 1.48. The molecule has 0 aliphatic heterocycles. The fourth-order valence-electron chi connectivity index (χ4n) is 2.77. The zero-order valence-electron chi connectivity index (χ0n) is 14.4. The molecule has 3 N–H and O–H groups in total. The molecule has 2 aromatic carbocycles. The van der Waals surface area contributed by atoms with Crippen LogP contribution in [0.3, 0.4) is 0 Å². The van der Waals surface area contributed by atoms with Gasteiger partial charge >= 0.3 is 0 Å². The highest BCUT2D eigenvalue weighted by atomic mass is 16.5. The van der Waals surface area contributed by atoms with Crippen molar-refractivity contribution < 1.29 is 9.53 Å². The maximum Gasteiger partial charge on any atom is 0.243 e. The summed E-state index contributed by atoms with van der Waals surface area (Å²) in [4.78, 5) is 16.9. The molecular weight excluding hydrogens is 316 g/mol. The number of aromatic nitrogens is 2. The van der Waals surface area contributed by atoms with Crippen molar-refractivity contribution in [3.05, 3.63) is 48.5 Å². The van der Waals surface area contributed by atoms with Crippen LogP contribution in [0.25, 0.3) is 16.7 Å². The van der Waals surface area contributed by atoms with E-state index >= 15 is 0 Å². The molecule has 1 unspecified atom stereocenters. The Balaban J connectivity index is 2.07. The second kappa shape index (κ2) is 7.36. The summed E-state index contributed by atoms with van der Waals surface area (Å²) in [6, 6.07) is 14.8. The van der Waals surface area contributed by atoms with E-state index in [1.165, 1.54) is 0 Å². The Kier molecular flexibility index (Phi) is 5.00. The molecule has 0 saturated heterocycles. The first-order valence-electron chi connectivity index (χ1n) is 8.32. The molecule has 0 aliphatic rings. The number of hydrogen-bond donors (Lipinski definition) is 2. The van der Waals surface area contributed by atoms with Crippen LogP contribution >= 0.6 is 0 Å². The monoisotopic (exact) mass is 338 g/mol. The SMILES string of the molecule is CCCC(N)C(=O)Nc1nc2ccccc2n1-c1cccc(OC)c1. The Morgan fingerprint density at radius 1 is 1.28 bits per heavy atom. The predicted molar refractivity (Wildman–Crippen MR) is 99.1 cm³/mol. The van der Waals surface area contributed by atoms with Crippen LogP contribution < -0.4 is 15.8 Å². The first-order valence-corrected chi connectivity index (χ1v) is 8.32. The number of anilines is 1. The lowest BCUT2D eigenvalue weighted by Gasteiger charge is -2.14. The van der Waals surface area contributed by atoms with Crippen LogP contribution in [0.1, 0.15) is 19.8 Å². The summed E-state index contributed by atoms with van der Waals surface area (Å²) in [5, 5.41) is 2.87. The number of nitrogens with two attached hydrogens (primary N) is 1. The van der Waals surface area contributed by atoms with Crippen molar-refractivity contribution in [1.29, 1.82) is 0 Å². The van der Waals surface area contributed by atoms with Gasteiger partial charge in [0.05, 0.1) is 29.9 Å². The molecule has 0 bridgehead atoms. The van der Waals surface area contributed by atoms with Crippen molar-refractivity contribution >= 4 is 22.9 Å². The van der Waals surface area contributed by atoms with Crippen LogP contribution in [0.2, 0.25) is 0 Å². The minimum atomic E-state index is -0.552. The maximum absolute atomic E-state index is 12.4. The molecule has 6 nitrogen and oxygen atoms in total. The fraction of sp³-hybridized carbons (Fsp3) is 0.263. The highest BCUT2D eigenvalue weighted by Gasteiger charge is 2.18. The number of nitrogens with one attached hydrogen (secondary N) is 1. The van der Waals surface area contributed by atoms with Gasteiger partial charge in [-0.3, -0.25) is 14.7 Å². The lowest BCUT2D eigenvalue weighted by molar-refractivity contribution is -0.117. The number of carbonyl (C=O) groups excluding carboxylic acids is 1. The van der Waals surface area contributed by atoms with Gasteiger partial charge in [0.15, 0.2) is 0 Å². The van der Waals surface area contributed by atoms with E-state index in [0.717, 1.165) is 28.9 Å². The molecule has 1 aromatic heterocycles. The van der Waals surface area contributed by atoms with Gasteiger partial charge in [-0.15, -0.1) is 0 Å². The number of imidazole rings is 1. The van der Waals surface area contributed by atoms with Gasteiger partial charge in [-0.2, -0.15) is 0 Å². The van der Waals surface area contributed by atoms with Gasteiger partial charge in [0.25, 0.3) is 0 Å².